The molecule has 0 saturated heterocycles. The molecule has 1 aliphatic carbocycles. The second kappa shape index (κ2) is 8.98. The molecule has 8 rings (SSSR count). The maximum atomic E-state index is 9.76. The zero-order chi connectivity index (χ0) is 27.4. The lowest BCUT2D eigenvalue weighted by Crippen LogP contribution is -2.28. The van der Waals surface area contributed by atoms with Gasteiger partial charge in [0, 0.05) is 11.1 Å². The van der Waals surface area contributed by atoms with Gasteiger partial charge in [0.15, 0.2) is 23.0 Å². The molecule has 0 amide bonds. The molecule has 0 radical (unpaired) electrons. The number of nitrogens with zero attached hydrogens (tertiary/aromatic N) is 1. The predicted octanol–water partition coefficient (Wildman–Crippen LogP) is 9.49. The highest BCUT2D eigenvalue weighted by Crippen LogP contribution is 2.60. The summed E-state index contributed by atoms with van der Waals surface area (Å²) < 4.78 is 13.2. The molecule has 0 N–H and O–H groups in total. The second-order valence-corrected chi connectivity index (χ2v) is 10.4. The fraction of sp³-hybridized carbons (Fsp3) is 0.0263. The van der Waals surface area contributed by atoms with Crippen LogP contribution in [0.2, 0.25) is 0 Å². The van der Waals surface area contributed by atoms with E-state index in [1.165, 1.54) is 22.3 Å². The summed E-state index contributed by atoms with van der Waals surface area (Å²) in [5.41, 5.74) is 8.81. The van der Waals surface area contributed by atoms with E-state index in [1.807, 2.05) is 42.5 Å². The molecule has 41 heavy (non-hydrogen) atoms. The van der Waals surface area contributed by atoms with Crippen LogP contribution in [-0.4, -0.2) is 0 Å². The van der Waals surface area contributed by atoms with Crippen LogP contribution in [0.15, 0.2) is 140 Å². The average molecular weight is 526 g/mol. The smallest absolute Gasteiger partial charge is 0.177 e. The maximum Gasteiger partial charge on any atom is 0.177 e. The van der Waals surface area contributed by atoms with E-state index in [4.69, 9.17) is 9.47 Å². The molecule has 0 saturated carbocycles. The zero-order valence-corrected chi connectivity index (χ0v) is 22.0. The summed E-state index contributed by atoms with van der Waals surface area (Å²) in [5.74, 6) is 2.57. The van der Waals surface area contributed by atoms with Crippen molar-refractivity contribution < 1.29 is 9.47 Å². The van der Waals surface area contributed by atoms with Crippen LogP contribution in [0.4, 0.5) is 0 Å². The Labute approximate surface area is 238 Å². The number of hydrogen-bond acceptors (Lipinski definition) is 3. The molecule has 0 spiro atoms. The fourth-order valence-electron chi connectivity index (χ4n) is 6.57. The van der Waals surface area contributed by atoms with Gasteiger partial charge in [0.1, 0.15) is 0 Å². The number of benzene rings is 6. The molecule has 0 aromatic heterocycles. The van der Waals surface area contributed by atoms with Gasteiger partial charge >= 0.3 is 0 Å². The molecular formula is C38H23NO2. The number of ether oxygens (including phenoxy) is 2. The van der Waals surface area contributed by atoms with Crippen LogP contribution in [0.3, 0.4) is 0 Å². The lowest BCUT2D eigenvalue weighted by Gasteiger charge is -2.34. The molecule has 0 bridgehead atoms. The maximum absolute atomic E-state index is 9.76. The monoisotopic (exact) mass is 525 g/mol. The van der Waals surface area contributed by atoms with Crippen LogP contribution < -0.4 is 9.47 Å². The molecule has 192 valence electrons. The van der Waals surface area contributed by atoms with Crippen molar-refractivity contribution in [3.63, 3.8) is 0 Å². The van der Waals surface area contributed by atoms with E-state index in [1.54, 1.807) is 0 Å². The Kier molecular flexibility index (Phi) is 5.10. The first-order valence-electron chi connectivity index (χ1n) is 13.7. The van der Waals surface area contributed by atoms with Crippen molar-refractivity contribution in [2.75, 3.05) is 0 Å². The number of rotatable bonds is 3. The lowest BCUT2D eigenvalue weighted by atomic mass is 9.67. The van der Waals surface area contributed by atoms with Gasteiger partial charge in [-0.1, -0.05) is 115 Å². The van der Waals surface area contributed by atoms with Gasteiger partial charge in [-0.2, -0.15) is 5.26 Å². The van der Waals surface area contributed by atoms with Crippen LogP contribution in [-0.2, 0) is 5.41 Å². The summed E-state index contributed by atoms with van der Waals surface area (Å²) in [7, 11) is 0. The van der Waals surface area contributed by atoms with E-state index >= 15 is 0 Å². The first-order valence-corrected chi connectivity index (χ1v) is 13.7. The Morgan fingerprint density at radius 3 is 1.80 bits per heavy atom. The third-order valence-electron chi connectivity index (χ3n) is 8.27. The van der Waals surface area contributed by atoms with Gasteiger partial charge in [-0.25, -0.2) is 0 Å². The summed E-state index contributed by atoms with van der Waals surface area (Å²) in [6, 6.07) is 50.0. The zero-order valence-electron chi connectivity index (χ0n) is 22.0. The van der Waals surface area contributed by atoms with Crippen molar-refractivity contribution in [1.82, 2.24) is 0 Å². The Bertz CT molecular complexity index is 1970. The summed E-state index contributed by atoms with van der Waals surface area (Å²) in [6.07, 6.45) is 0. The number of hydrogen-bond donors (Lipinski definition) is 0. The van der Waals surface area contributed by atoms with Crippen LogP contribution in [0, 0.1) is 11.3 Å². The Balaban J connectivity index is 1.37. The average Bonchev–Trinajstić information content (AvgIpc) is 3.33. The third kappa shape index (κ3) is 3.32. The van der Waals surface area contributed by atoms with E-state index in [0.29, 0.717) is 28.6 Å². The Hall–Kier alpha value is -5.59. The van der Waals surface area contributed by atoms with Gasteiger partial charge in [0.05, 0.1) is 17.0 Å². The minimum Gasteiger partial charge on any atom is -0.449 e. The van der Waals surface area contributed by atoms with E-state index < -0.39 is 5.41 Å². The molecule has 2 aliphatic rings. The standard InChI is InChI=1S/C38H23NO2/c39-24-25-12-7-8-17-28(25)30-19-11-21-34-37(30)41-35-22-31-29-18-9-10-20-32(29)38(26-13-3-1-4-14-26,27-15-5-2-6-16-27)33(31)23-36(35)40-34/h1-23H. The fourth-order valence-corrected chi connectivity index (χ4v) is 6.57. The van der Waals surface area contributed by atoms with Crippen LogP contribution in [0.1, 0.15) is 27.8 Å². The molecule has 0 unspecified atom stereocenters. The summed E-state index contributed by atoms with van der Waals surface area (Å²) in [4.78, 5) is 0. The van der Waals surface area contributed by atoms with Crippen LogP contribution in [0.5, 0.6) is 23.0 Å². The second-order valence-electron chi connectivity index (χ2n) is 10.4. The summed E-state index contributed by atoms with van der Waals surface area (Å²) >= 11 is 0. The van der Waals surface area contributed by atoms with E-state index in [-0.39, 0.29) is 0 Å². The SMILES string of the molecule is N#Cc1ccccc1-c1cccc2c1Oc1cc3c(cc1O2)C(c1ccccc1)(c1ccccc1)c1ccccc1-3. The highest BCUT2D eigenvalue weighted by molar-refractivity contribution is 5.89. The van der Waals surface area contributed by atoms with Gasteiger partial charge in [-0.3, -0.25) is 0 Å². The van der Waals surface area contributed by atoms with Gasteiger partial charge < -0.3 is 9.47 Å². The van der Waals surface area contributed by atoms with Gasteiger partial charge in [0.2, 0.25) is 0 Å². The summed E-state index contributed by atoms with van der Waals surface area (Å²) in [6.45, 7) is 0. The van der Waals surface area contributed by atoms with Crippen molar-refractivity contribution >= 4 is 0 Å². The Morgan fingerprint density at radius 2 is 1.07 bits per heavy atom. The molecule has 6 aromatic carbocycles. The topological polar surface area (TPSA) is 42.2 Å². The molecule has 0 fully saturated rings. The number of nitriles is 1. The molecule has 3 heteroatoms. The van der Waals surface area contributed by atoms with E-state index in [2.05, 4.69) is 103 Å². The van der Waals surface area contributed by atoms with Crippen molar-refractivity contribution in [3.8, 4) is 51.3 Å². The highest BCUT2D eigenvalue weighted by atomic mass is 16.6. The van der Waals surface area contributed by atoms with Gasteiger partial charge in [-0.05, 0) is 57.6 Å². The van der Waals surface area contributed by atoms with Crippen molar-refractivity contribution in [3.05, 3.63) is 167 Å². The molecule has 3 nitrogen and oxygen atoms in total. The normalized spacial score (nSPS) is 13.4. The third-order valence-corrected chi connectivity index (χ3v) is 8.27. The van der Waals surface area contributed by atoms with E-state index in [9.17, 15) is 5.26 Å². The van der Waals surface area contributed by atoms with Gasteiger partial charge in [0.25, 0.3) is 0 Å². The van der Waals surface area contributed by atoms with Crippen molar-refractivity contribution in [2.45, 2.75) is 5.41 Å². The highest BCUT2D eigenvalue weighted by Gasteiger charge is 2.47. The Morgan fingerprint density at radius 1 is 0.463 bits per heavy atom. The molecule has 0 atom stereocenters. The van der Waals surface area contributed by atoms with Crippen LogP contribution in [0.25, 0.3) is 22.3 Å². The molecule has 1 heterocycles. The number of para-hydroxylation sites is 1. The minimum atomic E-state index is -0.513. The van der Waals surface area contributed by atoms with Gasteiger partial charge in [-0.15, -0.1) is 0 Å². The largest absolute Gasteiger partial charge is 0.449 e. The molecule has 1 aliphatic heterocycles. The minimum absolute atomic E-state index is 0.513. The first-order chi connectivity index (χ1) is 20.3. The quantitative estimate of drug-likeness (QED) is 0.231. The molecular weight excluding hydrogens is 502 g/mol. The van der Waals surface area contributed by atoms with Crippen LogP contribution >= 0.6 is 0 Å². The predicted molar refractivity (Wildman–Crippen MR) is 160 cm³/mol. The first kappa shape index (κ1) is 23.3. The molecule has 6 aromatic rings. The van der Waals surface area contributed by atoms with Crippen molar-refractivity contribution in [1.29, 1.82) is 5.26 Å². The lowest BCUT2D eigenvalue weighted by molar-refractivity contribution is 0.360. The number of fused-ring (bicyclic) bond motifs is 5. The van der Waals surface area contributed by atoms with Crippen molar-refractivity contribution in [2.24, 2.45) is 0 Å². The van der Waals surface area contributed by atoms with E-state index in [0.717, 1.165) is 22.3 Å². The summed E-state index contributed by atoms with van der Waals surface area (Å²) in [5, 5.41) is 9.76.